The summed E-state index contributed by atoms with van der Waals surface area (Å²) in [6.45, 7) is 9.84. The number of anilines is 5. The maximum absolute atomic E-state index is 12.8. The molecule has 2 fully saturated rings. The van der Waals surface area contributed by atoms with E-state index in [1.807, 2.05) is 12.1 Å². The van der Waals surface area contributed by atoms with Gasteiger partial charge in [0.2, 0.25) is 11.9 Å². The van der Waals surface area contributed by atoms with Crippen molar-refractivity contribution in [2.45, 2.75) is 30.0 Å². The van der Waals surface area contributed by atoms with Crippen LogP contribution in [0.4, 0.5) is 29.0 Å². The quantitative estimate of drug-likeness (QED) is 0.408. The van der Waals surface area contributed by atoms with Gasteiger partial charge in [0, 0.05) is 57.1 Å². The molecule has 0 amide bonds. The summed E-state index contributed by atoms with van der Waals surface area (Å²) in [4.78, 5) is 20.4. The molecule has 2 N–H and O–H groups in total. The second-order valence-corrected chi connectivity index (χ2v) is 12.7. The van der Waals surface area contributed by atoms with E-state index in [0.29, 0.717) is 23.4 Å². The van der Waals surface area contributed by atoms with E-state index in [9.17, 15) is 8.42 Å². The Labute approximate surface area is 230 Å². The summed E-state index contributed by atoms with van der Waals surface area (Å²) in [5.74, 6) is 1.21. The molecule has 0 radical (unpaired) electrons. The molecule has 0 saturated carbocycles. The van der Waals surface area contributed by atoms with Crippen molar-refractivity contribution < 1.29 is 13.2 Å². The maximum atomic E-state index is 12.8. The average molecular weight is 553 g/mol. The predicted molar refractivity (Wildman–Crippen MR) is 153 cm³/mol. The number of ether oxygens (including phenoxy) is 1. The van der Waals surface area contributed by atoms with Gasteiger partial charge in [0.1, 0.15) is 12.1 Å². The lowest BCUT2D eigenvalue weighted by Gasteiger charge is -2.48. The molecule has 208 valence electrons. The second-order valence-electron chi connectivity index (χ2n) is 10.3. The Morgan fingerprint density at radius 1 is 0.949 bits per heavy atom. The maximum Gasteiger partial charge on any atom is 0.232 e. The topological polar surface area (TPSA) is 116 Å². The van der Waals surface area contributed by atoms with Gasteiger partial charge in [0.05, 0.1) is 28.6 Å². The molecule has 2 saturated heterocycles. The van der Waals surface area contributed by atoms with Gasteiger partial charge in [-0.05, 0) is 45.2 Å². The number of likely N-dealkylation sites (N-methyl/N-ethyl adjacent to an activating group) is 1. The van der Waals surface area contributed by atoms with Gasteiger partial charge in [0.25, 0.3) is 0 Å². The molecule has 1 aromatic heterocycles. The summed E-state index contributed by atoms with van der Waals surface area (Å²) in [6, 6.07) is 13.4. The standard InChI is InChI=1S/C27H36N8O3S/c1-19(2)39(36,37)25-8-6-5-7-23(25)31-27-29-18-28-26(32-27)30-22-10-9-20(15-24(22)38-4)35-16-21(17-35)34-13-11-33(3)12-14-34/h5-10,15,18-19,21H,11-14,16-17H2,1-4H3,(H2,28,29,30,31,32). The molecule has 0 bridgehead atoms. The van der Waals surface area contributed by atoms with E-state index in [1.54, 1.807) is 45.2 Å². The van der Waals surface area contributed by atoms with Gasteiger partial charge in [-0.25, -0.2) is 18.4 Å². The van der Waals surface area contributed by atoms with Crippen molar-refractivity contribution in [3.63, 3.8) is 0 Å². The summed E-state index contributed by atoms with van der Waals surface area (Å²) < 4.78 is 31.3. The minimum absolute atomic E-state index is 0.202. The normalized spacial score (nSPS) is 17.2. The molecule has 12 heteroatoms. The number of hydrogen-bond acceptors (Lipinski definition) is 11. The van der Waals surface area contributed by atoms with Crippen LogP contribution >= 0.6 is 0 Å². The van der Waals surface area contributed by atoms with Crippen LogP contribution in [0, 0.1) is 0 Å². The molecule has 2 aromatic carbocycles. The highest BCUT2D eigenvalue weighted by Crippen LogP contribution is 2.34. The van der Waals surface area contributed by atoms with Crippen molar-refractivity contribution in [3.8, 4) is 5.75 Å². The molecule has 0 aliphatic carbocycles. The largest absolute Gasteiger partial charge is 0.494 e. The summed E-state index contributed by atoms with van der Waals surface area (Å²) in [7, 11) is 0.329. The number of rotatable bonds is 9. The number of sulfone groups is 1. The third kappa shape index (κ3) is 5.92. The fourth-order valence-corrected chi connectivity index (χ4v) is 6.00. The highest BCUT2D eigenvalue weighted by atomic mass is 32.2. The number of hydrogen-bond donors (Lipinski definition) is 2. The number of nitrogens with zero attached hydrogens (tertiary/aromatic N) is 6. The zero-order valence-electron chi connectivity index (χ0n) is 22.8. The first-order valence-electron chi connectivity index (χ1n) is 13.2. The number of aromatic nitrogens is 3. The van der Waals surface area contributed by atoms with E-state index < -0.39 is 15.1 Å². The molecule has 3 aromatic rings. The molecule has 2 aliphatic heterocycles. The fraction of sp³-hybridized carbons (Fsp3) is 0.444. The van der Waals surface area contributed by atoms with E-state index in [-0.39, 0.29) is 10.8 Å². The average Bonchev–Trinajstić information content (AvgIpc) is 2.90. The smallest absolute Gasteiger partial charge is 0.232 e. The van der Waals surface area contributed by atoms with Crippen LogP contribution in [-0.4, -0.2) is 97.9 Å². The summed E-state index contributed by atoms with van der Waals surface area (Å²) in [6.07, 6.45) is 1.37. The summed E-state index contributed by atoms with van der Waals surface area (Å²) >= 11 is 0. The Morgan fingerprint density at radius 3 is 2.28 bits per heavy atom. The lowest BCUT2D eigenvalue weighted by Crippen LogP contribution is -2.63. The lowest BCUT2D eigenvalue weighted by atomic mass is 10.0. The number of methoxy groups -OCH3 is 1. The highest BCUT2D eigenvalue weighted by molar-refractivity contribution is 7.92. The van der Waals surface area contributed by atoms with Crippen LogP contribution < -0.4 is 20.3 Å². The molecule has 0 unspecified atom stereocenters. The van der Waals surface area contributed by atoms with Crippen LogP contribution in [0.5, 0.6) is 5.75 Å². The highest BCUT2D eigenvalue weighted by Gasteiger charge is 2.33. The molecular formula is C27H36N8O3S. The number of nitrogens with one attached hydrogen (secondary N) is 2. The molecule has 39 heavy (non-hydrogen) atoms. The number of para-hydroxylation sites is 1. The lowest BCUT2D eigenvalue weighted by molar-refractivity contribution is 0.0963. The molecule has 3 heterocycles. The van der Waals surface area contributed by atoms with E-state index >= 15 is 0 Å². The number of benzene rings is 2. The van der Waals surface area contributed by atoms with Crippen LogP contribution in [0.3, 0.4) is 0 Å². The Hall–Kier alpha value is -3.48. The van der Waals surface area contributed by atoms with E-state index in [1.165, 1.54) is 6.33 Å². The summed E-state index contributed by atoms with van der Waals surface area (Å²) in [5.41, 5.74) is 2.25. The Morgan fingerprint density at radius 2 is 1.62 bits per heavy atom. The van der Waals surface area contributed by atoms with Crippen LogP contribution in [0.1, 0.15) is 13.8 Å². The molecule has 11 nitrogen and oxygen atoms in total. The zero-order chi connectivity index (χ0) is 27.6. The van der Waals surface area contributed by atoms with Crippen molar-refractivity contribution in [2.75, 3.05) is 69.0 Å². The first-order valence-corrected chi connectivity index (χ1v) is 14.7. The van der Waals surface area contributed by atoms with Crippen LogP contribution in [0.25, 0.3) is 0 Å². The molecular weight excluding hydrogens is 516 g/mol. The number of piperazine rings is 1. The van der Waals surface area contributed by atoms with Crippen LogP contribution in [-0.2, 0) is 9.84 Å². The van der Waals surface area contributed by atoms with Crippen molar-refractivity contribution >= 4 is 38.8 Å². The third-order valence-corrected chi connectivity index (χ3v) is 9.56. The fourth-order valence-electron chi connectivity index (χ4n) is 4.79. The van der Waals surface area contributed by atoms with Gasteiger partial charge < -0.3 is 25.2 Å². The van der Waals surface area contributed by atoms with Gasteiger partial charge in [-0.3, -0.25) is 4.90 Å². The van der Waals surface area contributed by atoms with Crippen molar-refractivity contribution in [1.82, 2.24) is 24.8 Å². The van der Waals surface area contributed by atoms with Gasteiger partial charge in [-0.15, -0.1) is 0 Å². The first kappa shape index (κ1) is 27.1. The molecule has 5 rings (SSSR count). The Bertz CT molecular complexity index is 1400. The first-order chi connectivity index (χ1) is 18.7. The van der Waals surface area contributed by atoms with Crippen molar-refractivity contribution in [1.29, 1.82) is 0 Å². The zero-order valence-corrected chi connectivity index (χ0v) is 23.6. The van der Waals surface area contributed by atoms with Gasteiger partial charge in [-0.1, -0.05) is 12.1 Å². The van der Waals surface area contributed by atoms with E-state index in [0.717, 1.165) is 50.6 Å². The Kier molecular flexibility index (Phi) is 7.87. The van der Waals surface area contributed by atoms with Crippen molar-refractivity contribution in [3.05, 3.63) is 48.8 Å². The van der Waals surface area contributed by atoms with Gasteiger partial charge >= 0.3 is 0 Å². The summed E-state index contributed by atoms with van der Waals surface area (Å²) in [5, 5.41) is 5.68. The SMILES string of the molecule is COc1cc(N2CC(N3CCN(C)CC3)C2)ccc1Nc1ncnc(Nc2ccccc2S(=O)(=O)C(C)C)n1. The Balaban J connectivity index is 1.27. The van der Waals surface area contributed by atoms with Crippen LogP contribution in [0.15, 0.2) is 53.7 Å². The minimum atomic E-state index is -3.49. The monoisotopic (exact) mass is 552 g/mol. The van der Waals surface area contributed by atoms with Crippen molar-refractivity contribution in [2.24, 2.45) is 0 Å². The van der Waals surface area contributed by atoms with Gasteiger partial charge in [0.15, 0.2) is 9.84 Å². The molecule has 2 aliphatic rings. The van der Waals surface area contributed by atoms with E-state index in [2.05, 4.69) is 53.4 Å². The second kappa shape index (κ2) is 11.3. The van der Waals surface area contributed by atoms with Crippen LogP contribution in [0.2, 0.25) is 0 Å². The third-order valence-electron chi connectivity index (χ3n) is 7.35. The predicted octanol–water partition coefficient (Wildman–Crippen LogP) is 2.99. The minimum Gasteiger partial charge on any atom is -0.494 e. The molecule has 0 atom stereocenters. The molecule has 0 spiro atoms. The van der Waals surface area contributed by atoms with E-state index in [4.69, 9.17) is 4.74 Å². The van der Waals surface area contributed by atoms with Gasteiger partial charge in [-0.2, -0.15) is 4.98 Å².